The Kier molecular flexibility index (Phi) is 8.86. The van der Waals surface area contributed by atoms with Crippen molar-refractivity contribution in [1.29, 1.82) is 0 Å². The Morgan fingerprint density at radius 2 is 1.50 bits per heavy atom. The predicted molar refractivity (Wildman–Crippen MR) is 167 cm³/mol. The van der Waals surface area contributed by atoms with Gasteiger partial charge in [-0.3, -0.25) is 0 Å². The monoisotopic (exact) mass is 568 g/mol. The third kappa shape index (κ3) is 6.37. The number of hydrogen-bond donors (Lipinski definition) is 1. The molecule has 42 heavy (non-hydrogen) atoms. The summed E-state index contributed by atoms with van der Waals surface area (Å²) in [7, 11) is 0. The highest BCUT2D eigenvalue weighted by atomic mass is 15.5. The molecule has 8 heteroatoms. The van der Waals surface area contributed by atoms with E-state index < -0.39 is 0 Å². The second kappa shape index (κ2) is 12.9. The molecule has 2 aliphatic carbocycles. The Labute approximate surface area is 250 Å². The van der Waals surface area contributed by atoms with Gasteiger partial charge in [-0.25, -0.2) is 14.8 Å². The van der Waals surface area contributed by atoms with Crippen molar-refractivity contribution in [2.24, 2.45) is 11.8 Å². The molecule has 6 rings (SSSR count). The molecule has 0 atom stereocenters. The van der Waals surface area contributed by atoms with Gasteiger partial charge in [-0.15, -0.1) is 5.10 Å². The molecule has 0 saturated heterocycles. The highest BCUT2D eigenvalue weighted by Crippen LogP contribution is 2.44. The van der Waals surface area contributed by atoms with Crippen molar-refractivity contribution in [2.45, 2.75) is 123 Å². The number of nitrogens with one attached hydrogen (secondary N) is 1. The number of H-pyrrole nitrogens is 1. The van der Waals surface area contributed by atoms with Crippen LogP contribution in [-0.4, -0.2) is 40.0 Å². The molecule has 2 fully saturated rings. The molecule has 0 unspecified atom stereocenters. The molecule has 1 aromatic carbocycles. The Bertz CT molecular complexity index is 1420. The summed E-state index contributed by atoms with van der Waals surface area (Å²) in [6.45, 7) is 9.70. The van der Waals surface area contributed by atoms with Crippen molar-refractivity contribution in [2.75, 3.05) is 0 Å². The van der Waals surface area contributed by atoms with Gasteiger partial charge in [-0.1, -0.05) is 78.4 Å². The second-order valence-corrected chi connectivity index (χ2v) is 13.6. The highest BCUT2D eigenvalue weighted by Gasteiger charge is 2.30. The van der Waals surface area contributed by atoms with Crippen LogP contribution in [0.3, 0.4) is 0 Å². The summed E-state index contributed by atoms with van der Waals surface area (Å²) in [5.74, 6) is 5.04. The van der Waals surface area contributed by atoms with E-state index in [0.717, 1.165) is 42.6 Å². The smallest absolute Gasteiger partial charge is 0.196 e. The normalized spacial score (nSPS) is 17.1. The Morgan fingerprint density at radius 3 is 2.12 bits per heavy atom. The molecule has 0 spiro atoms. The third-order valence-corrected chi connectivity index (χ3v) is 9.20. The van der Waals surface area contributed by atoms with Gasteiger partial charge < -0.3 is 4.57 Å². The van der Waals surface area contributed by atoms with Crippen molar-refractivity contribution >= 4 is 0 Å². The largest absolute Gasteiger partial charge is 0.310 e. The molecule has 0 aliphatic heterocycles. The molecule has 3 aromatic heterocycles. The molecule has 2 saturated carbocycles. The number of aromatic amines is 1. The standard InChI is InChI=1S/C34H48N8/c1-23(2)19-31-35-32(20-24(3)4)41(38-31)22-25-15-17-28(18-16-25)42-30(27-13-9-6-10-14-27)21-29(26-11-7-5-8-12-26)33(42)34-36-39-40-37-34/h15-18,21,23-24,26-27H,5-14,19-20,22H2,1-4H3,(H,36,37,39,40). The van der Waals surface area contributed by atoms with Crippen LogP contribution in [0.1, 0.15) is 132 Å². The summed E-state index contributed by atoms with van der Waals surface area (Å²) < 4.78 is 4.62. The number of nitrogens with zero attached hydrogens (tertiary/aromatic N) is 7. The van der Waals surface area contributed by atoms with Crippen LogP contribution in [-0.2, 0) is 19.4 Å². The lowest BCUT2D eigenvalue weighted by Gasteiger charge is -2.24. The van der Waals surface area contributed by atoms with Gasteiger partial charge in [0.05, 0.1) is 12.2 Å². The SMILES string of the molecule is CC(C)Cc1nc(CC(C)C)n(Cc2ccc(-n3c(C4CCCCC4)cc(C4CCCCC4)c3-c3nnn[nH]3)cc2)n1. The average Bonchev–Trinajstić information content (AvgIpc) is 3.73. The second-order valence-electron chi connectivity index (χ2n) is 13.6. The van der Waals surface area contributed by atoms with Gasteiger partial charge in [0.2, 0.25) is 0 Å². The van der Waals surface area contributed by atoms with E-state index in [1.165, 1.54) is 86.7 Å². The molecule has 0 bridgehead atoms. The summed E-state index contributed by atoms with van der Waals surface area (Å²) in [5.41, 5.74) is 6.45. The average molecular weight is 569 g/mol. The fourth-order valence-corrected chi connectivity index (χ4v) is 7.20. The fourth-order valence-electron chi connectivity index (χ4n) is 7.20. The summed E-state index contributed by atoms with van der Waals surface area (Å²) in [5, 5.41) is 20.5. The number of benzene rings is 1. The number of rotatable bonds is 10. The molecule has 0 radical (unpaired) electrons. The Hall–Kier alpha value is -3.29. The van der Waals surface area contributed by atoms with Crippen LogP contribution >= 0.6 is 0 Å². The van der Waals surface area contributed by atoms with Gasteiger partial charge in [-0.2, -0.15) is 5.10 Å². The van der Waals surface area contributed by atoms with Crippen molar-refractivity contribution in [3.05, 3.63) is 58.8 Å². The Morgan fingerprint density at radius 1 is 0.833 bits per heavy atom. The zero-order valence-corrected chi connectivity index (χ0v) is 26.0. The molecule has 8 nitrogen and oxygen atoms in total. The Balaban J connectivity index is 1.38. The third-order valence-electron chi connectivity index (χ3n) is 9.20. The van der Waals surface area contributed by atoms with E-state index in [1.54, 1.807) is 0 Å². The zero-order valence-electron chi connectivity index (χ0n) is 26.0. The molecule has 3 heterocycles. The highest BCUT2D eigenvalue weighted by molar-refractivity contribution is 5.63. The summed E-state index contributed by atoms with van der Waals surface area (Å²) in [6.07, 6.45) is 14.8. The maximum Gasteiger partial charge on any atom is 0.196 e. The van der Waals surface area contributed by atoms with E-state index in [4.69, 9.17) is 10.1 Å². The lowest BCUT2D eigenvalue weighted by Crippen LogP contribution is -2.12. The lowest BCUT2D eigenvalue weighted by atomic mass is 9.82. The molecule has 2 aliphatic rings. The quantitative estimate of drug-likeness (QED) is 0.211. The first kappa shape index (κ1) is 28.8. The van der Waals surface area contributed by atoms with Crippen LogP contribution in [0.15, 0.2) is 30.3 Å². The van der Waals surface area contributed by atoms with Gasteiger partial charge in [0, 0.05) is 24.2 Å². The minimum atomic E-state index is 0.538. The lowest BCUT2D eigenvalue weighted by molar-refractivity contribution is 0.432. The molecule has 224 valence electrons. The molecule has 0 amide bonds. The van der Waals surface area contributed by atoms with Crippen LogP contribution in [0.5, 0.6) is 0 Å². The van der Waals surface area contributed by atoms with Crippen molar-refractivity contribution < 1.29 is 0 Å². The van der Waals surface area contributed by atoms with Gasteiger partial charge >= 0.3 is 0 Å². The van der Waals surface area contributed by atoms with Crippen LogP contribution in [0, 0.1) is 11.8 Å². The van der Waals surface area contributed by atoms with E-state index in [1.807, 2.05) is 0 Å². The predicted octanol–water partition coefficient (Wildman–Crippen LogP) is 7.79. The van der Waals surface area contributed by atoms with E-state index in [-0.39, 0.29) is 0 Å². The van der Waals surface area contributed by atoms with Crippen molar-refractivity contribution in [3.63, 3.8) is 0 Å². The van der Waals surface area contributed by atoms with Crippen LogP contribution in [0.2, 0.25) is 0 Å². The van der Waals surface area contributed by atoms with E-state index >= 15 is 0 Å². The number of hydrogen-bond acceptors (Lipinski definition) is 5. The molecular formula is C34H48N8. The zero-order chi connectivity index (χ0) is 29.1. The van der Waals surface area contributed by atoms with E-state index in [0.29, 0.717) is 23.7 Å². The number of tetrazole rings is 1. The van der Waals surface area contributed by atoms with Gasteiger partial charge in [0.15, 0.2) is 11.6 Å². The van der Waals surface area contributed by atoms with Crippen LogP contribution in [0.4, 0.5) is 0 Å². The van der Waals surface area contributed by atoms with Crippen LogP contribution < -0.4 is 0 Å². The minimum absolute atomic E-state index is 0.538. The topological polar surface area (TPSA) is 90.1 Å². The maximum absolute atomic E-state index is 4.93. The molecule has 4 aromatic rings. The fraction of sp³-hybridized carbons (Fsp3) is 0.618. The summed E-state index contributed by atoms with van der Waals surface area (Å²) in [4.78, 5) is 4.93. The van der Waals surface area contributed by atoms with Crippen molar-refractivity contribution in [3.8, 4) is 17.2 Å². The molecular weight excluding hydrogens is 520 g/mol. The minimum Gasteiger partial charge on any atom is -0.310 e. The first-order valence-corrected chi connectivity index (χ1v) is 16.5. The molecule has 1 N–H and O–H groups in total. The first-order chi connectivity index (χ1) is 20.5. The van der Waals surface area contributed by atoms with Crippen LogP contribution in [0.25, 0.3) is 17.2 Å². The summed E-state index contributed by atoms with van der Waals surface area (Å²) in [6, 6.07) is 11.6. The summed E-state index contributed by atoms with van der Waals surface area (Å²) >= 11 is 0. The van der Waals surface area contributed by atoms with Crippen molar-refractivity contribution in [1.82, 2.24) is 40.0 Å². The maximum atomic E-state index is 4.93. The van der Waals surface area contributed by atoms with Gasteiger partial charge in [0.25, 0.3) is 0 Å². The van der Waals surface area contributed by atoms with Gasteiger partial charge in [-0.05, 0) is 89.1 Å². The first-order valence-electron chi connectivity index (χ1n) is 16.5. The van der Waals surface area contributed by atoms with E-state index in [2.05, 4.69) is 87.9 Å². The van der Waals surface area contributed by atoms with E-state index in [9.17, 15) is 0 Å². The number of aromatic nitrogens is 8. The van der Waals surface area contributed by atoms with Gasteiger partial charge in [0.1, 0.15) is 5.82 Å².